The first-order valence-corrected chi connectivity index (χ1v) is 3.66. The molecule has 1 aromatic rings. The summed E-state index contributed by atoms with van der Waals surface area (Å²) >= 11 is 0. The van der Waals surface area contributed by atoms with E-state index in [0.717, 1.165) is 0 Å². The van der Waals surface area contributed by atoms with E-state index in [9.17, 15) is 4.79 Å². The van der Waals surface area contributed by atoms with Gasteiger partial charge in [0, 0.05) is 5.92 Å². The molecule has 1 rings (SSSR count). The summed E-state index contributed by atoms with van der Waals surface area (Å²) < 4.78 is 4.46. The number of methoxy groups -OCH3 is 1. The van der Waals surface area contributed by atoms with Gasteiger partial charge >= 0.3 is 5.97 Å². The molecule has 0 aliphatic rings. The lowest BCUT2D eigenvalue weighted by molar-refractivity contribution is 0.0587. The van der Waals surface area contributed by atoms with Crippen molar-refractivity contribution in [3.63, 3.8) is 0 Å². The van der Waals surface area contributed by atoms with Gasteiger partial charge in [0.25, 0.3) is 0 Å². The van der Waals surface area contributed by atoms with E-state index >= 15 is 0 Å². The smallest absolute Gasteiger partial charge is 0.376 e. The van der Waals surface area contributed by atoms with Gasteiger partial charge in [-0.05, 0) is 0 Å². The summed E-state index contributed by atoms with van der Waals surface area (Å²) in [6.45, 7) is 3.92. The lowest BCUT2D eigenvalue weighted by Gasteiger charge is -1.95. The SMILES string of the molecule is COC(=O)c1nnc(C(C)C)[nH]1. The van der Waals surface area contributed by atoms with Crippen LogP contribution in [0.1, 0.15) is 36.2 Å². The van der Waals surface area contributed by atoms with Gasteiger partial charge in [0.05, 0.1) is 7.11 Å². The molecule has 0 aliphatic carbocycles. The first kappa shape index (κ1) is 8.70. The van der Waals surface area contributed by atoms with Crippen LogP contribution in [0.25, 0.3) is 0 Å². The predicted octanol–water partition coefficient (Wildman–Crippen LogP) is 0.715. The van der Waals surface area contributed by atoms with Crippen molar-refractivity contribution in [3.05, 3.63) is 11.6 Å². The molecule has 12 heavy (non-hydrogen) atoms. The molecular formula is C7H11N3O2. The fraction of sp³-hybridized carbons (Fsp3) is 0.571. The van der Waals surface area contributed by atoms with Crippen molar-refractivity contribution >= 4 is 5.97 Å². The molecule has 1 aromatic heterocycles. The van der Waals surface area contributed by atoms with Crippen molar-refractivity contribution in [2.24, 2.45) is 0 Å². The molecule has 5 nitrogen and oxygen atoms in total. The van der Waals surface area contributed by atoms with Crippen LogP contribution < -0.4 is 0 Å². The molecule has 1 N–H and O–H groups in total. The summed E-state index contributed by atoms with van der Waals surface area (Å²) in [5, 5.41) is 7.41. The molecule has 0 saturated carbocycles. The van der Waals surface area contributed by atoms with Crippen LogP contribution in [0.3, 0.4) is 0 Å². The number of esters is 1. The van der Waals surface area contributed by atoms with Gasteiger partial charge in [0.2, 0.25) is 5.82 Å². The van der Waals surface area contributed by atoms with E-state index in [0.29, 0.717) is 5.82 Å². The Hall–Kier alpha value is -1.39. The number of nitrogens with zero attached hydrogens (tertiary/aromatic N) is 2. The lowest BCUT2D eigenvalue weighted by Crippen LogP contribution is -2.03. The average molecular weight is 169 g/mol. The van der Waals surface area contributed by atoms with E-state index < -0.39 is 5.97 Å². The topological polar surface area (TPSA) is 67.9 Å². The molecule has 0 amide bonds. The number of aromatic amines is 1. The fourth-order valence-electron chi connectivity index (χ4n) is 0.724. The number of nitrogens with one attached hydrogen (secondary N) is 1. The van der Waals surface area contributed by atoms with Crippen LogP contribution in [0, 0.1) is 0 Å². The summed E-state index contributed by atoms with van der Waals surface area (Å²) in [6.07, 6.45) is 0. The van der Waals surface area contributed by atoms with E-state index in [2.05, 4.69) is 19.9 Å². The molecule has 0 aromatic carbocycles. The lowest BCUT2D eigenvalue weighted by atomic mass is 10.2. The third kappa shape index (κ3) is 1.61. The van der Waals surface area contributed by atoms with E-state index in [1.807, 2.05) is 13.8 Å². The Morgan fingerprint density at radius 3 is 2.58 bits per heavy atom. The van der Waals surface area contributed by atoms with Gasteiger partial charge in [-0.1, -0.05) is 13.8 Å². The highest BCUT2D eigenvalue weighted by molar-refractivity contribution is 5.84. The number of aromatic nitrogens is 3. The van der Waals surface area contributed by atoms with Crippen LogP contribution >= 0.6 is 0 Å². The van der Waals surface area contributed by atoms with Gasteiger partial charge in [0.15, 0.2) is 0 Å². The third-order valence-corrected chi connectivity index (χ3v) is 1.43. The summed E-state index contributed by atoms with van der Waals surface area (Å²) in [6, 6.07) is 0. The van der Waals surface area contributed by atoms with Crippen molar-refractivity contribution in [2.45, 2.75) is 19.8 Å². The van der Waals surface area contributed by atoms with E-state index in [-0.39, 0.29) is 11.7 Å². The highest BCUT2D eigenvalue weighted by atomic mass is 16.5. The Morgan fingerprint density at radius 2 is 2.17 bits per heavy atom. The zero-order valence-corrected chi connectivity index (χ0v) is 7.29. The monoisotopic (exact) mass is 169 g/mol. The highest BCUT2D eigenvalue weighted by Crippen LogP contribution is 2.07. The molecule has 0 aliphatic heterocycles. The molecule has 0 saturated heterocycles. The number of carbonyl (C=O) groups excluding carboxylic acids is 1. The van der Waals surface area contributed by atoms with E-state index in [1.54, 1.807) is 0 Å². The summed E-state index contributed by atoms with van der Waals surface area (Å²) in [5.41, 5.74) is 0. The highest BCUT2D eigenvalue weighted by Gasteiger charge is 2.12. The predicted molar refractivity (Wildman–Crippen MR) is 41.8 cm³/mol. The Kier molecular flexibility index (Phi) is 2.42. The Balaban J connectivity index is 2.84. The van der Waals surface area contributed by atoms with Gasteiger partial charge in [-0.3, -0.25) is 0 Å². The van der Waals surface area contributed by atoms with Crippen molar-refractivity contribution < 1.29 is 9.53 Å². The summed E-state index contributed by atoms with van der Waals surface area (Å²) in [7, 11) is 1.31. The van der Waals surface area contributed by atoms with Crippen LogP contribution in [0.2, 0.25) is 0 Å². The van der Waals surface area contributed by atoms with Crippen molar-refractivity contribution in [2.75, 3.05) is 7.11 Å². The Bertz CT molecular complexity index is 280. The van der Waals surface area contributed by atoms with Gasteiger partial charge in [-0.15, -0.1) is 10.2 Å². The number of carbonyl (C=O) groups is 1. The first-order valence-electron chi connectivity index (χ1n) is 3.66. The van der Waals surface area contributed by atoms with Crippen LogP contribution in [0.4, 0.5) is 0 Å². The maximum atomic E-state index is 10.9. The summed E-state index contributed by atoms with van der Waals surface area (Å²) in [5.74, 6) is 0.585. The molecule has 1 heterocycles. The Morgan fingerprint density at radius 1 is 1.50 bits per heavy atom. The van der Waals surface area contributed by atoms with Crippen molar-refractivity contribution in [1.29, 1.82) is 0 Å². The molecule has 0 radical (unpaired) electrons. The van der Waals surface area contributed by atoms with Gasteiger partial charge in [-0.2, -0.15) is 0 Å². The minimum Gasteiger partial charge on any atom is -0.463 e. The molecule has 66 valence electrons. The van der Waals surface area contributed by atoms with Crippen molar-refractivity contribution in [1.82, 2.24) is 15.2 Å². The number of hydrogen-bond acceptors (Lipinski definition) is 4. The largest absolute Gasteiger partial charge is 0.463 e. The standard InChI is InChI=1S/C7H11N3O2/c1-4(2)5-8-6(10-9-5)7(11)12-3/h4H,1-3H3,(H,8,9,10). The number of ether oxygens (including phenoxy) is 1. The Labute approximate surface area is 70.1 Å². The van der Waals surface area contributed by atoms with Gasteiger partial charge < -0.3 is 9.72 Å². The van der Waals surface area contributed by atoms with Crippen LogP contribution in [-0.2, 0) is 4.74 Å². The van der Waals surface area contributed by atoms with Gasteiger partial charge in [-0.25, -0.2) is 4.79 Å². The number of hydrogen-bond donors (Lipinski definition) is 1. The zero-order valence-electron chi connectivity index (χ0n) is 7.29. The molecule has 0 spiro atoms. The van der Waals surface area contributed by atoms with Crippen LogP contribution in [0.5, 0.6) is 0 Å². The maximum Gasteiger partial charge on any atom is 0.376 e. The second-order valence-corrected chi connectivity index (χ2v) is 2.71. The first-order chi connectivity index (χ1) is 5.65. The second-order valence-electron chi connectivity index (χ2n) is 2.71. The number of rotatable bonds is 2. The molecule has 0 fully saturated rings. The quantitative estimate of drug-likeness (QED) is 0.662. The zero-order chi connectivity index (χ0) is 9.14. The van der Waals surface area contributed by atoms with Crippen LogP contribution in [0.15, 0.2) is 0 Å². The molecule has 0 unspecified atom stereocenters. The normalized spacial score (nSPS) is 10.3. The summed E-state index contributed by atoms with van der Waals surface area (Å²) in [4.78, 5) is 13.7. The fourth-order valence-corrected chi connectivity index (χ4v) is 0.724. The molecule has 5 heteroatoms. The minimum atomic E-state index is -0.491. The minimum absolute atomic E-state index is 0.154. The average Bonchev–Trinajstić information content (AvgIpc) is 2.51. The maximum absolute atomic E-state index is 10.9. The van der Waals surface area contributed by atoms with Crippen LogP contribution in [-0.4, -0.2) is 28.3 Å². The van der Waals surface area contributed by atoms with Gasteiger partial charge in [0.1, 0.15) is 5.82 Å². The van der Waals surface area contributed by atoms with E-state index in [1.165, 1.54) is 7.11 Å². The third-order valence-electron chi connectivity index (χ3n) is 1.43. The van der Waals surface area contributed by atoms with E-state index in [4.69, 9.17) is 0 Å². The second kappa shape index (κ2) is 3.34. The molecule has 0 bridgehead atoms. The molecule has 0 atom stereocenters. The molecular weight excluding hydrogens is 158 g/mol. The van der Waals surface area contributed by atoms with Crippen molar-refractivity contribution in [3.8, 4) is 0 Å². The number of H-pyrrole nitrogens is 1.